The fraction of sp³-hybridized carbons (Fsp3) is 0.438. The van der Waals surface area contributed by atoms with E-state index in [2.05, 4.69) is 41.2 Å². The monoisotopic (exact) mass is 2450 g/mol. The Labute approximate surface area is 833 Å². The number of carboxylic acid groups (broad SMARTS) is 8. The minimum Gasteiger partial charge on any atom is -0.870 e. The van der Waals surface area contributed by atoms with E-state index in [1.807, 2.05) is 0 Å². The molecule has 4 aromatic rings. The molecule has 0 fully saturated rings. The van der Waals surface area contributed by atoms with Crippen LogP contribution in [0.1, 0.15) is 77.6 Å². The van der Waals surface area contributed by atoms with Gasteiger partial charge in [-0.15, -0.1) is 0 Å². The Morgan fingerprint density at radius 3 is 0.526 bits per heavy atom. The number of carbonyl (C=O) groups is 8. The molecular weight excluding hydrogens is 2350 g/mol. The molecule has 0 aliphatic carbocycles. The largest absolute Gasteiger partial charge is 3.00 e. The number of benzene rings is 4. The van der Waals surface area contributed by atoms with E-state index in [-0.39, 0.29) is 310 Å². The standard InChI is InChI=1S/4C12H18N2O3.8C2H4O2.4Ho.4Ni.8H2O/c4*1-17-11-4-2-3-10(12(11)16)9-14-6-5-13-7-8-15;8*1-2(3)4;;;;;;;;;;;;;;;;/h4*2-4,9,13,15-16H,5-8H2,1H3;8*1H3,(H,3,4);;;;;;;;;8*1H2/q;;;;;;;;;;;;;;6*+3;;;;;;;;/p-20. The van der Waals surface area contributed by atoms with Gasteiger partial charge in [-0.05, 0) is 102 Å². The van der Waals surface area contributed by atoms with Crippen LogP contribution >= 0.6 is 0 Å². The average Bonchev–Trinajstić information content (AvgIpc) is 0.896. The molecule has 0 unspecified atom stereocenters. The second-order valence-corrected chi connectivity index (χ2v) is 17.5. The van der Waals surface area contributed by atoms with Gasteiger partial charge in [-0.2, -0.15) is 0 Å². The number of carbonyl (C=O) groups excluding carboxylic acids is 8. The third-order valence-electron chi connectivity index (χ3n) is 8.66. The number of nitrogens with one attached hydrogen (secondary N) is 4. The van der Waals surface area contributed by atoms with Gasteiger partial charge in [0.15, 0.2) is 0 Å². The summed E-state index contributed by atoms with van der Waals surface area (Å²) >= 11 is 0. The zero-order valence-electron chi connectivity index (χ0n) is 64.0. The van der Waals surface area contributed by atoms with Gasteiger partial charge in [-0.3, -0.25) is 20.0 Å². The molecule has 44 nitrogen and oxygen atoms in total. The quantitative estimate of drug-likeness (QED) is 0.0149. The third-order valence-corrected chi connectivity index (χ3v) is 8.66. The van der Waals surface area contributed by atoms with Crippen LogP contribution in [0.3, 0.4) is 0 Å². The predicted octanol–water partition coefficient (Wildman–Crippen LogP) is -12.3. The molecule has 16 N–H and O–H groups in total. The average molecular weight is 2450 g/mol. The topological polar surface area (TPSA) is 869 Å². The summed E-state index contributed by atoms with van der Waals surface area (Å²) in [7, 11) is 5.87. The van der Waals surface area contributed by atoms with Crippen molar-refractivity contribution >= 4 is 72.6 Å². The molecule has 116 heavy (non-hydrogen) atoms. The van der Waals surface area contributed by atoms with Crippen molar-refractivity contribution in [2.45, 2.75) is 55.4 Å². The molecule has 0 bridgehead atoms. The molecule has 698 valence electrons. The van der Waals surface area contributed by atoms with Gasteiger partial charge >= 0.3 is 141 Å². The zero-order valence-corrected chi connectivity index (χ0v) is 75.7. The van der Waals surface area contributed by atoms with Crippen molar-refractivity contribution < 1.29 is 400 Å². The smallest absolute Gasteiger partial charge is 0.870 e. The van der Waals surface area contributed by atoms with Gasteiger partial charge in [-0.1, -0.05) is 71.5 Å². The van der Waals surface area contributed by atoms with E-state index < -0.39 is 47.8 Å². The number of para-hydroxylation sites is 4. The zero-order chi connectivity index (χ0) is 78.7. The van der Waals surface area contributed by atoms with E-state index >= 15 is 0 Å². The van der Waals surface area contributed by atoms with Crippen molar-refractivity contribution in [2.24, 2.45) is 20.0 Å². The number of hydrogen-bond donors (Lipinski definition) is 8. The molecule has 0 amide bonds. The van der Waals surface area contributed by atoms with E-state index in [4.69, 9.17) is 119 Å². The minimum absolute atomic E-state index is 0. The van der Waals surface area contributed by atoms with Crippen LogP contribution in [-0.2, 0) is 104 Å². The Kier molecular flexibility index (Phi) is 207. The summed E-state index contributed by atoms with van der Waals surface area (Å²) < 4.78 is 19.7. The van der Waals surface area contributed by atoms with Gasteiger partial charge in [-0.25, -0.2) is 0 Å². The summed E-state index contributed by atoms with van der Waals surface area (Å²) in [5.41, 5.74) is 2.08. The fourth-order valence-corrected chi connectivity index (χ4v) is 5.22. The van der Waals surface area contributed by atoms with Crippen LogP contribution in [0.25, 0.3) is 0 Å². The molecule has 4 aromatic carbocycles. The summed E-state index contributed by atoms with van der Waals surface area (Å²) in [5.74, 6) is -7.97. The minimum atomic E-state index is -1.08. The fourth-order valence-electron chi connectivity index (χ4n) is 5.22. The van der Waals surface area contributed by atoms with Gasteiger partial charge in [0.1, 0.15) is 23.0 Å². The summed E-state index contributed by atoms with van der Waals surface area (Å²) in [6.07, 6.45) is 6.19. The molecule has 0 aliphatic rings. The molecule has 0 saturated heterocycles. The maximum absolute atomic E-state index is 11.7. The van der Waals surface area contributed by atoms with E-state index in [9.17, 15) is 20.4 Å². The first-order chi connectivity index (χ1) is 47.0. The van der Waals surface area contributed by atoms with Gasteiger partial charge in [0, 0.05) is 200 Å². The van der Waals surface area contributed by atoms with Gasteiger partial charge in [0.2, 0.25) is 0 Å². The molecule has 0 spiro atoms. The number of carboxylic acids is 8. The number of aliphatic imine (C=N–C) groups is 4. The van der Waals surface area contributed by atoms with Crippen LogP contribution in [-0.4, -0.2) is 270 Å². The van der Waals surface area contributed by atoms with Crippen molar-refractivity contribution in [3.05, 3.63) is 95.1 Å². The Morgan fingerprint density at radius 1 is 0.302 bits per heavy atom. The number of aliphatic hydroxyl groups is 4. The maximum Gasteiger partial charge on any atom is 3.00 e. The molecule has 4 rings (SSSR count). The van der Waals surface area contributed by atoms with Crippen molar-refractivity contribution in [3.63, 3.8) is 0 Å². The summed E-state index contributed by atoms with van der Waals surface area (Å²) in [4.78, 5) is 87.6. The molecule has 6 radical (unpaired) electrons. The van der Waals surface area contributed by atoms with Crippen LogP contribution in [0.5, 0.6) is 46.0 Å². The Bertz CT molecular complexity index is 2500. The van der Waals surface area contributed by atoms with Crippen LogP contribution in [0, 0.1) is 151 Å². The van der Waals surface area contributed by atoms with E-state index in [0.29, 0.717) is 124 Å². The molecule has 0 atom stereocenters. The van der Waals surface area contributed by atoms with Gasteiger partial charge in [0.25, 0.3) is 0 Å². The summed E-state index contributed by atoms with van der Waals surface area (Å²) in [6, 6.07) is 20.3. The third kappa shape index (κ3) is 154. The van der Waals surface area contributed by atoms with Crippen LogP contribution in [0.4, 0.5) is 0 Å². The van der Waals surface area contributed by atoms with Crippen molar-refractivity contribution in [3.8, 4) is 46.0 Å². The maximum atomic E-state index is 11.7. The Morgan fingerprint density at radius 2 is 0.422 bits per heavy atom. The molecule has 0 saturated carbocycles. The SMILES string of the molecule is CC(=O)[O-].CC(=O)[O-].CC(=O)[O-].CC(=O)[O-].CC(=O)[O-].CC(=O)[O-].CC(=O)[O-].CC(=O)[O-].COc1cccc(C=NCCNCCO)c1[O-].COc1cccc(C=NCCNCCO)c1[O-].COc1cccc(C=NCCNCCO)c1[O-].COc1cccc(C=NCCNCCO)c1[O-].[Ho+3].[Ho+3].[Ho].[Ho].[Ni+3].[Ni+3].[Ni+3].[Ni+3].[OH-].[OH-].[OH-].[OH-].[OH-].[OH-].[OH-].[OH-]. The first-order valence-corrected chi connectivity index (χ1v) is 29.1. The first-order valence-electron chi connectivity index (χ1n) is 29.1. The summed E-state index contributed by atoms with van der Waals surface area (Å²) in [5, 5.41) is 164. The van der Waals surface area contributed by atoms with Gasteiger partial charge < -0.3 is 204 Å². The molecular formula is C64H100Ho4N8Ni4O36-2. The molecule has 0 aliphatic heterocycles. The number of nitrogens with zero attached hydrogens (tertiary/aromatic N) is 4. The number of methoxy groups -OCH3 is 4. The normalized spacial score (nSPS) is 8.14. The molecule has 0 heterocycles. The molecule has 52 heteroatoms. The van der Waals surface area contributed by atoms with Crippen molar-refractivity contribution in [1.29, 1.82) is 0 Å². The number of ether oxygens (including phenoxy) is 4. The van der Waals surface area contributed by atoms with E-state index in [1.54, 1.807) is 97.7 Å². The number of rotatable bonds is 28. The number of aliphatic carboxylic acids is 8. The van der Waals surface area contributed by atoms with E-state index in [1.165, 1.54) is 28.4 Å². The van der Waals surface area contributed by atoms with Crippen LogP contribution in [0.15, 0.2) is 92.8 Å². The Hall–Kier alpha value is -3.91. The molecule has 0 aromatic heterocycles. The second-order valence-electron chi connectivity index (χ2n) is 17.5. The van der Waals surface area contributed by atoms with Crippen LogP contribution < -0.4 is 101 Å². The van der Waals surface area contributed by atoms with Gasteiger partial charge in [0.05, 0.1) is 81.0 Å². The number of hydrogen-bond acceptors (Lipinski definition) is 44. The summed E-state index contributed by atoms with van der Waals surface area (Å²) in [6.45, 7) is 15.4. The Balaban J connectivity index is -0.0000000377. The second kappa shape index (κ2) is 134. The van der Waals surface area contributed by atoms with Crippen molar-refractivity contribution in [1.82, 2.24) is 21.3 Å². The first kappa shape index (κ1) is 178. The van der Waals surface area contributed by atoms with E-state index in [0.717, 1.165) is 55.4 Å². The van der Waals surface area contributed by atoms with Crippen LogP contribution in [0.2, 0.25) is 0 Å². The predicted molar refractivity (Wildman–Crippen MR) is 360 cm³/mol. The van der Waals surface area contributed by atoms with Crippen molar-refractivity contribution in [2.75, 3.05) is 133 Å². The number of aliphatic hydroxyl groups excluding tert-OH is 4.